The van der Waals surface area contributed by atoms with Gasteiger partial charge in [0.05, 0.1) is 26.0 Å². The Hall–Kier alpha value is -3.13. The highest BCUT2D eigenvalue weighted by atomic mass is 19.1. The van der Waals surface area contributed by atoms with Crippen molar-refractivity contribution in [2.45, 2.75) is 24.8 Å². The van der Waals surface area contributed by atoms with Crippen molar-refractivity contribution in [3.05, 3.63) is 59.9 Å². The lowest BCUT2D eigenvalue weighted by atomic mass is 9.88. The van der Waals surface area contributed by atoms with Crippen molar-refractivity contribution in [2.24, 2.45) is 5.92 Å². The second-order valence-corrected chi connectivity index (χ2v) is 8.17. The number of hydrogen-bond donors (Lipinski definition) is 2. The molecule has 2 N–H and O–H groups in total. The molecule has 3 amide bonds. The van der Waals surface area contributed by atoms with Gasteiger partial charge in [0.2, 0.25) is 5.91 Å². The summed E-state index contributed by atoms with van der Waals surface area (Å²) >= 11 is 0. The van der Waals surface area contributed by atoms with Gasteiger partial charge in [-0.05, 0) is 48.6 Å². The summed E-state index contributed by atoms with van der Waals surface area (Å²) in [6.07, 6.45) is 1.15. The van der Waals surface area contributed by atoms with Crippen molar-refractivity contribution in [3.63, 3.8) is 0 Å². The molecule has 1 saturated carbocycles. The summed E-state index contributed by atoms with van der Waals surface area (Å²) in [5.74, 6) is 0.0653. The average molecular weight is 442 g/mol. The molecule has 4 rings (SSSR count). The van der Waals surface area contributed by atoms with Gasteiger partial charge in [0.1, 0.15) is 11.6 Å². The van der Waals surface area contributed by atoms with Gasteiger partial charge in [0.25, 0.3) is 0 Å². The monoisotopic (exact) mass is 441 g/mol. The fraction of sp³-hybridized carbons (Fsp3) is 0.417. The number of halogens is 1. The molecule has 32 heavy (non-hydrogen) atoms. The lowest BCUT2D eigenvalue weighted by Crippen LogP contribution is -2.44. The number of ether oxygens (including phenoxy) is 2. The highest BCUT2D eigenvalue weighted by Crippen LogP contribution is 2.41. The van der Waals surface area contributed by atoms with Crippen molar-refractivity contribution in [1.29, 1.82) is 0 Å². The first-order valence-corrected chi connectivity index (χ1v) is 10.9. The molecule has 1 saturated heterocycles. The Morgan fingerprint density at radius 2 is 1.78 bits per heavy atom. The topological polar surface area (TPSA) is 79.9 Å². The van der Waals surface area contributed by atoms with Gasteiger partial charge in [-0.25, -0.2) is 9.18 Å². The average Bonchev–Trinajstić information content (AvgIpc) is 3.24. The van der Waals surface area contributed by atoms with Gasteiger partial charge in [-0.15, -0.1) is 0 Å². The van der Waals surface area contributed by atoms with E-state index >= 15 is 0 Å². The van der Waals surface area contributed by atoms with Crippen molar-refractivity contribution in [3.8, 4) is 5.75 Å². The molecule has 170 valence electrons. The summed E-state index contributed by atoms with van der Waals surface area (Å²) in [5, 5.41) is 5.49. The van der Waals surface area contributed by atoms with E-state index in [0.29, 0.717) is 39.1 Å². The van der Waals surface area contributed by atoms with Gasteiger partial charge < -0.3 is 25.0 Å². The van der Waals surface area contributed by atoms with Crippen LogP contribution in [0.25, 0.3) is 0 Å². The van der Waals surface area contributed by atoms with Crippen LogP contribution in [-0.2, 0) is 9.53 Å². The first-order valence-electron chi connectivity index (χ1n) is 10.9. The molecule has 2 aromatic rings. The Morgan fingerprint density at radius 1 is 1.06 bits per heavy atom. The van der Waals surface area contributed by atoms with E-state index in [1.807, 2.05) is 29.2 Å². The van der Waals surface area contributed by atoms with Crippen LogP contribution in [-0.4, -0.2) is 56.3 Å². The van der Waals surface area contributed by atoms with Crippen LogP contribution in [0, 0.1) is 11.7 Å². The fourth-order valence-corrected chi connectivity index (χ4v) is 4.57. The number of morpholine rings is 1. The molecule has 7 nitrogen and oxygen atoms in total. The van der Waals surface area contributed by atoms with Crippen LogP contribution in [0.4, 0.5) is 14.9 Å². The minimum absolute atomic E-state index is 0.0324. The van der Waals surface area contributed by atoms with Gasteiger partial charge >= 0.3 is 6.03 Å². The highest BCUT2D eigenvalue weighted by Gasteiger charge is 2.42. The number of carbonyl (C=O) groups is 2. The molecular formula is C24H28FN3O4. The number of rotatable bonds is 5. The molecule has 2 aromatic carbocycles. The number of anilines is 1. The van der Waals surface area contributed by atoms with E-state index in [2.05, 4.69) is 10.6 Å². The quantitative estimate of drug-likeness (QED) is 0.746. The van der Waals surface area contributed by atoms with E-state index in [9.17, 15) is 14.0 Å². The lowest BCUT2D eigenvalue weighted by molar-refractivity contribution is -0.140. The Morgan fingerprint density at radius 3 is 2.47 bits per heavy atom. The van der Waals surface area contributed by atoms with Gasteiger partial charge in [-0.2, -0.15) is 0 Å². The predicted octanol–water partition coefficient (Wildman–Crippen LogP) is 3.38. The van der Waals surface area contributed by atoms with Crippen LogP contribution in [0.15, 0.2) is 48.5 Å². The summed E-state index contributed by atoms with van der Waals surface area (Å²) in [5.41, 5.74) is 1.16. The molecule has 0 radical (unpaired) electrons. The second kappa shape index (κ2) is 9.99. The third-order valence-electron chi connectivity index (χ3n) is 6.20. The van der Waals surface area contributed by atoms with Crippen LogP contribution >= 0.6 is 0 Å². The predicted molar refractivity (Wildman–Crippen MR) is 118 cm³/mol. The summed E-state index contributed by atoms with van der Waals surface area (Å²) in [7, 11) is 1.61. The largest absolute Gasteiger partial charge is 0.497 e. The van der Waals surface area contributed by atoms with Crippen molar-refractivity contribution in [2.75, 3.05) is 38.7 Å². The number of nitrogens with one attached hydrogen (secondary N) is 2. The maximum atomic E-state index is 13.9. The van der Waals surface area contributed by atoms with E-state index in [0.717, 1.165) is 11.3 Å². The highest BCUT2D eigenvalue weighted by molar-refractivity contribution is 5.89. The maximum absolute atomic E-state index is 13.9. The first-order chi connectivity index (χ1) is 15.5. The third-order valence-corrected chi connectivity index (χ3v) is 6.20. The van der Waals surface area contributed by atoms with Crippen LogP contribution in [0.3, 0.4) is 0 Å². The number of benzene rings is 2. The van der Waals surface area contributed by atoms with Gasteiger partial charge in [0.15, 0.2) is 0 Å². The van der Waals surface area contributed by atoms with Gasteiger partial charge in [0, 0.05) is 25.0 Å². The number of carbonyl (C=O) groups excluding carboxylic acids is 2. The van der Waals surface area contributed by atoms with Crippen LogP contribution in [0.5, 0.6) is 5.75 Å². The summed E-state index contributed by atoms with van der Waals surface area (Å²) in [6.45, 7) is 2.24. The number of hydrogen-bond acceptors (Lipinski definition) is 4. The number of amides is 3. The second-order valence-electron chi connectivity index (χ2n) is 8.17. The first kappa shape index (κ1) is 22.1. The van der Waals surface area contributed by atoms with E-state index in [-0.39, 0.29) is 29.5 Å². The smallest absolute Gasteiger partial charge is 0.319 e. The van der Waals surface area contributed by atoms with E-state index in [4.69, 9.17) is 9.47 Å². The molecule has 0 bridgehead atoms. The molecule has 0 spiro atoms. The Labute approximate surface area is 186 Å². The molecule has 0 aromatic heterocycles. The Bertz CT molecular complexity index is 947. The zero-order chi connectivity index (χ0) is 22.5. The van der Waals surface area contributed by atoms with E-state index < -0.39 is 11.8 Å². The molecule has 1 heterocycles. The van der Waals surface area contributed by atoms with Gasteiger partial charge in [-0.3, -0.25) is 4.79 Å². The normalized spacial score (nSPS) is 22.9. The molecular weight excluding hydrogens is 413 g/mol. The zero-order valence-corrected chi connectivity index (χ0v) is 18.1. The standard InChI is InChI=1S/C24H28FN3O4/c1-31-18-8-6-16(7-9-18)19-14-17(15-20(19)23(29)28-10-12-32-13-11-28)26-24(30)27-22-5-3-2-4-21(22)25/h2-9,17,19-20H,10-15H2,1H3,(H2,26,27,30)/t17-,19+,20-/m0/s1. The van der Waals surface area contributed by atoms with Crippen molar-refractivity contribution < 1.29 is 23.5 Å². The number of methoxy groups -OCH3 is 1. The third kappa shape index (κ3) is 5.02. The minimum atomic E-state index is -0.495. The lowest BCUT2D eigenvalue weighted by Gasteiger charge is -2.31. The summed E-state index contributed by atoms with van der Waals surface area (Å²) < 4.78 is 24.5. The number of nitrogens with zero attached hydrogens (tertiary/aromatic N) is 1. The molecule has 2 aliphatic rings. The molecule has 0 unspecified atom stereocenters. The fourth-order valence-electron chi connectivity index (χ4n) is 4.57. The Balaban J connectivity index is 1.48. The Kier molecular flexibility index (Phi) is 6.90. The molecule has 1 aliphatic carbocycles. The summed E-state index contributed by atoms with van der Waals surface area (Å²) in [4.78, 5) is 27.7. The summed E-state index contributed by atoms with van der Waals surface area (Å²) in [6, 6.07) is 13.1. The molecule has 3 atom stereocenters. The SMILES string of the molecule is COc1ccc([C@H]2C[C@H](NC(=O)Nc3ccccc3F)C[C@@H]2C(=O)N2CCOCC2)cc1. The van der Waals surface area contributed by atoms with Gasteiger partial charge in [-0.1, -0.05) is 24.3 Å². The van der Waals surface area contributed by atoms with Crippen molar-refractivity contribution >= 4 is 17.6 Å². The minimum Gasteiger partial charge on any atom is -0.497 e. The number of urea groups is 1. The van der Waals surface area contributed by atoms with E-state index in [1.165, 1.54) is 12.1 Å². The zero-order valence-electron chi connectivity index (χ0n) is 18.1. The van der Waals surface area contributed by atoms with Crippen LogP contribution in [0.2, 0.25) is 0 Å². The maximum Gasteiger partial charge on any atom is 0.319 e. The molecule has 8 heteroatoms. The van der Waals surface area contributed by atoms with Crippen LogP contribution < -0.4 is 15.4 Å². The molecule has 2 fully saturated rings. The number of para-hydroxylation sites is 1. The molecule has 1 aliphatic heterocycles. The van der Waals surface area contributed by atoms with Crippen LogP contribution in [0.1, 0.15) is 24.3 Å². The van der Waals surface area contributed by atoms with Crippen molar-refractivity contribution in [1.82, 2.24) is 10.2 Å². The van der Waals surface area contributed by atoms with E-state index in [1.54, 1.807) is 19.2 Å².